The summed E-state index contributed by atoms with van der Waals surface area (Å²) in [5.41, 5.74) is 2.44. The zero-order chi connectivity index (χ0) is 23.2. The lowest BCUT2D eigenvalue weighted by atomic mass is 10.1. The maximum Gasteiger partial charge on any atom is 0.255 e. The highest BCUT2D eigenvalue weighted by molar-refractivity contribution is 5.92. The van der Waals surface area contributed by atoms with E-state index in [0.29, 0.717) is 34.1 Å². The van der Waals surface area contributed by atoms with Gasteiger partial charge in [0.1, 0.15) is 24.0 Å². The number of nitrogens with zero attached hydrogens (tertiary/aromatic N) is 2. The Hall–Kier alpha value is -4.33. The molecule has 2 aromatic carbocycles. The highest BCUT2D eigenvalue weighted by Gasteiger charge is 2.14. The number of hydrogen-bond donors (Lipinski definition) is 2. The molecule has 0 radical (unpaired) electrons. The summed E-state index contributed by atoms with van der Waals surface area (Å²) >= 11 is 0. The van der Waals surface area contributed by atoms with Crippen LogP contribution >= 0.6 is 0 Å². The summed E-state index contributed by atoms with van der Waals surface area (Å²) in [7, 11) is 0. The largest absolute Gasteiger partial charge is 0.489 e. The summed E-state index contributed by atoms with van der Waals surface area (Å²) in [6.07, 6.45) is 3.12. The van der Waals surface area contributed by atoms with Gasteiger partial charge in [0.25, 0.3) is 5.56 Å². The number of H-pyrrole nitrogens is 1. The second-order valence-electron chi connectivity index (χ2n) is 7.39. The molecule has 0 unspecified atom stereocenters. The van der Waals surface area contributed by atoms with Gasteiger partial charge >= 0.3 is 0 Å². The fourth-order valence-corrected chi connectivity index (χ4v) is 3.23. The van der Waals surface area contributed by atoms with Crippen LogP contribution in [0.2, 0.25) is 0 Å². The predicted octanol–water partition coefficient (Wildman–Crippen LogP) is 4.04. The maximum absolute atomic E-state index is 13.0. The van der Waals surface area contributed by atoms with Crippen LogP contribution in [-0.2, 0) is 17.8 Å². The molecular weight excluding hydrogens is 423 g/mol. The number of hydrogen-bond acceptors (Lipinski definition) is 5. The van der Waals surface area contributed by atoms with Gasteiger partial charge in [-0.05, 0) is 48.9 Å². The maximum atomic E-state index is 13.0. The molecule has 4 rings (SSSR count). The first-order valence-electron chi connectivity index (χ1n) is 10.3. The van der Waals surface area contributed by atoms with E-state index in [-0.39, 0.29) is 30.3 Å². The molecule has 0 fully saturated rings. The van der Waals surface area contributed by atoms with E-state index >= 15 is 0 Å². The number of nitrogens with one attached hydrogen (secondary N) is 2. The van der Waals surface area contributed by atoms with Crippen LogP contribution in [0.5, 0.6) is 5.75 Å². The molecule has 8 heteroatoms. The second kappa shape index (κ2) is 9.86. The van der Waals surface area contributed by atoms with Gasteiger partial charge in [-0.3, -0.25) is 14.6 Å². The standard InChI is InChI=1S/C25H21FN4O3/c1-16-22(25(32)30-24(28-16)18-4-3-11-27-14-18)13-23(31)29-20-5-2-6-21(12-20)33-15-17-7-9-19(26)10-8-17/h2-12,14H,13,15H2,1H3,(H,29,31)(H,28,30,32). The van der Waals surface area contributed by atoms with Crippen molar-refractivity contribution in [2.75, 3.05) is 5.32 Å². The molecule has 2 heterocycles. The van der Waals surface area contributed by atoms with Crippen molar-refractivity contribution < 1.29 is 13.9 Å². The van der Waals surface area contributed by atoms with Gasteiger partial charge in [0, 0.05) is 41.0 Å². The van der Waals surface area contributed by atoms with Crippen molar-refractivity contribution in [1.82, 2.24) is 15.0 Å². The Balaban J connectivity index is 1.41. The molecule has 0 spiro atoms. The van der Waals surface area contributed by atoms with Gasteiger partial charge in [-0.25, -0.2) is 9.37 Å². The van der Waals surface area contributed by atoms with Crippen LogP contribution in [-0.4, -0.2) is 20.9 Å². The van der Waals surface area contributed by atoms with E-state index in [1.807, 2.05) is 0 Å². The van der Waals surface area contributed by atoms with E-state index in [1.165, 1.54) is 12.1 Å². The van der Waals surface area contributed by atoms with Crippen LogP contribution in [0.3, 0.4) is 0 Å². The molecule has 4 aromatic rings. The number of halogens is 1. The molecule has 0 bridgehead atoms. The minimum absolute atomic E-state index is 0.123. The normalized spacial score (nSPS) is 10.6. The minimum atomic E-state index is -0.368. The number of aryl methyl sites for hydroxylation is 1. The van der Waals surface area contributed by atoms with Crippen molar-refractivity contribution in [3.8, 4) is 17.1 Å². The molecule has 0 aliphatic rings. The molecule has 7 nitrogen and oxygen atoms in total. The second-order valence-corrected chi connectivity index (χ2v) is 7.39. The third-order valence-corrected chi connectivity index (χ3v) is 4.93. The number of rotatable bonds is 7. The number of amides is 1. The van der Waals surface area contributed by atoms with Gasteiger partial charge in [-0.1, -0.05) is 18.2 Å². The average molecular weight is 444 g/mol. The zero-order valence-electron chi connectivity index (χ0n) is 17.8. The Morgan fingerprint density at radius 3 is 2.67 bits per heavy atom. The van der Waals surface area contributed by atoms with Crippen LogP contribution in [0.25, 0.3) is 11.4 Å². The molecular formula is C25H21FN4O3. The summed E-state index contributed by atoms with van der Waals surface area (Å²) in [4.78, 5) is 36.3. The van der Waals surface area contributed by atoms with Crippen LogP contribution in [0.1, 0.15) is 16.8 Å². The van der Waals surface area contributed by atoms with Crippen LogP contribution < -0.4 is 15.6 Å². The summed E-state index contributed by atoms with van der Waals surface area (Å²) in [5.74, 6) is 0.295. The Morgan fingerprint density at radius 1 is 1.12 bits per heavy atom. The monoisotopic (exact) mass is 444 g/mol. The van der Waals surface area contributed by atoms with Crippen molar-refractivity contribution in [2.24, 2.45) is 0 Å². The topological polar surface area (TPSA) is 97.0 Å². The minimum Gasteiger partial charge on any atom is -0.489 e. The number of aromatic amines is 1. The molecule has 0 saturated heterocycles. The third kappa shape index (κ3) is 5.68. The molecule has 1 amide bonds. The van der Waals surface area contributed by atoms with Gasteiger partial charge < -0.3 is 15.0 Å². The number of benzene rings is 2. The van der Waals surface area contributed by atoms with Crippen molar-refractivity contribution in [1.29, 1.82) is 0 Å². The quantitative estimate of drug-likeness (QED) is 0.448. The van der Waals surface area contributed by atoms with Crippen molar-refractivity contribution in [3.05, 3.63) is 106 Å². The molecule has 0 aliphatic heterocycles. The van der Waals surface area contributed by atoms with Crippen molar-refractivity contribution >= 4 is 11.6 Å². The van der Waals surface area contributed by atoms with Crippen molar-refractivity contribution in [2.45, 2.75) is 20.0 Å². The molecule has 0 atom stereocenters. The van der Waals surface area contributed by atoms with Crippen LogP contribution in [0.4, 0.5) is 10.1 Å². The number of carbonyl (C=O) groups excluding carboxylic acids is 1. The number of carbonyl (C=O) groups is 1. The lowest BCUT2D eigenvalue weighted by Crippen LogP contribution is -2.23. The van der Waals surface area contributed by atoms with Gasteiger partial charge in [0.2, 0.25) is 5.91 Å². The lowest BCUT2D eigenvalue weighted by molar-refractivity contribution is -0.115. The lowest BCUT2D eigenvalue weighted by Gasteiger charge is -2.10. The van der Waals surface area contributed by atoms with Gasteiger partial charge in [-0.2, -0.15) is 0 Å². The first-order valence-corrected chi connectivity index (χ1v) is 10.3. The zero-order valence-corrected chi connectivity index (χ0v) is 17.8. The van der Waals surface area contributed by atoms with E-state index in [2.05, 4.69) is 20.3 Å². The molecule has 166 valence electrons. The highest BCUT2D eigenvalue weighted by atomic mass is 19.1. The number of pyridine rings is 1. The average Bonchev–Trinajstić information content (AvgIpc) is 2.82. The molecule has 0 aliphatic carbocycles. The Morgan fingerprint density at radius 2 is 1.94 bits per heavy atom. The van der Waals surface area contributed by atoms with E-state index in [0.717, 1.165) is 5.56 Å². The Labute approximate surface area is 189 Å². The predicted molar refractivity (Wildman–Crippen MR) is 122 cm³/mol. The van der Waals surface area contributed by atoms with E-state index in [4.69, 9.17) is 4.74 Å². The van der Waals surface area contributed by atoms with E-state index in [9.17, 15) is 14.0 Å². The fourth-order valence-electron chi connectivity index (χ4n) is 3.23. The molecule has 2 aromatic heterocycles. The first-order chi connectivity index (χ1) is 16.0. The van der Waals surface area contributed by atoms with E-state index < -0.39 is 0 Å². The summed E-state index contributed by atoms with van der Waals surface area (Å²) in [5, 5.41) is 2.78. The molecule has 33 heavy (non-hydrogen) atoms. The Kier molecular flexibility index (Phi) is 6.54. The Bertz CT molecular complexity index is 1320. The number of aromatic nitrogens is 3. The first kappa shape index (κ1) is 21.9. The van der Waals surface area contributed by atoms with Crippen molar-refractivity contribution in [3.63, 3.8) is 0 Å². The smallest absolute Gasteiger partial charge is 0.255 e. The number of anilines is 1. The molecule has 0 saturated carbocycles. The summed E-state index contributed by atoms with van der Waals surface area (Å²) in [6.45, 7) is 1.96. The molecule has 2 N–H and O–H groups in total. The van der Waals surface area contributed by atoms with Gasteiger partial charge in [0.15, 0.2) is 0 Å². The highest BCUT2D eigenvalue weighted by Crippen LogP contribution is 2.19. The SMILES string of the molecule is Cc1nc(-c2cccnc2)[nH]c(=O)c1CC(=O)Nc1cccc(OCc2ccc(F)cc2)c1. The van der Waals surface area contributed by atoms with Crippen LogP contribution in [0, 0.1) is 12.7 Å². The third-order valence-electron chi connectivity index (χ3n) is 4.93. The summed E-state index contributed by atoms with van der Waals surface area (Å²) < 4.78 is 18.7. The van der Waals surface area contributed by atoms with E-state index in [1.54, 1.807) is 67.8 Å². The van der Waals surface area contributed by atoms with Gasteiger partial charge in [0.05, 0.1) is 6.42 Å². The summed E-state index contributed by atoms with van der Waals surface area (Å²) in [6, 6.07) is 16.5. The fraction of sp³-hybridized carbons (Fsp3) is 0.120. The van der Waals surface area contributed by atoms with Gasteiger partial charge in [-0.15, -0.1) is 0 Å². The number of ether oxygens (including phenoxy) is 1. The van der Waals surface area contributed by atoms with Crippen LogP contribution in [0.15, 0.2) is 77.9 Å².